The predicted molar refractivity (Wildman–Crippen MR) is 127 cm³/mol. The molecule has 0 saturated heterocycles. The van der Waals surface area contributed by atoms with Crippen LogP contribution in [0.1, 0.15) is 59.4 Å². The van der Waals surface area contributed by atoms with Crippen LogP contribution in [-0.4, -0.2) is 25.5 Å². The number of amides is 1. The maximum absolute atomic E-state index is 12.4. The normalized spacial score (nSPS) is 19.6. The highest BCUT2D eigenvalue weighted by Crippen LogP contribution is 2.48. The first-order valence-corrected chi connectivity index (χ1v) is 11.5. The van der Waals surface area contributed by atoms with Crippen LogP contribution < -0.4 is 10.2 Å². The van der Waals surface area contributed by atoms with Crippen molar-refractivity contribution in [1.82, 2.24) is 5.32 Å². The molecule has 158 valence electrons. The van der Waals surface area contributed by atoms with Crippen molar-refractivity contribution in [3.05, 3.63) is 101 Å². The highest BCUT2D eigenvalue weighted by atomic mass is 16.1. The van der Waals surface area contributed by atoms with E-state index in [9.17, 15) is 4.79 Å². The Morgan fingerprint density at radius 3 is 1.87 bits per heavy atom. The van der Waals surface area contributed by atoms with Crippen LogP contribution in [0.3, 0.4) is 0 Å². The molecule has 1 N–H and O–H groups in total. The Hall–Kier alpha value is -3.07. The van der Waals surface area contributed by atoms with E-state index >= 15 is 0 Å². The summed E-state index contributed by atoms with van der Waals surface area (Å²) < 4.78 is 0. The first kappa shape index (κ1) is 19.9. The van der Waals surface area contributed by atoms with Crippen LogP contribution >= 0.6 is 0 Å². The largest absolute Gasteiger partial charge is 0.371 e. The topological polar surface area (TPSA) is 32.3 Å². The summed E-state index contributed by atoms with van der Waals surface area (Å²) in [7, 11) is 0. The van der Waals surface area contributed by atoms with Crippen molar-refractivity contribution in [3.8, 4) is 0 Å². The lowest BCUT2D eigenvalue weighted by atomic mass is 9.75. The Bertz CT molecular complexity index is 988. The molecule has 1 amide bonds. The van der Waals surface area contributed by atoms with E-state index in [0.29, 0.717) is 24.8 Å². The first-order valence-electron chi connectivity index (χ1n) is 11.5. The van der Waals surface area contributed by atoms with Crippen LogP contribution in [0.15, 0.2) is 72.8 Å². The minimum atomic E-state index is 0.102. The molecule has 0 saturated carbocycles. The van der Waals surface area contributed by atoms with Gasteiger partial charge in [0.1, 0.15) is 0 Å². The highest BCUT2D eigenvalue weighted by Gasteiger charge is 2.35. The second-order valence-corrected chi connectivity index (χ2v) is 8.74. The number of hydrogen-bond acceptors (Lipinski definition) is 2. The average molecular weight is 411 g/mol. The van der Waals surface area contributed by atoms with Gasteiger partial charge < -0.3 is 10.2 Å². The van der Waals surface area contributed by atoms with Gasteiger partial charge in [-0.1, -0.05) is 72.8 Å². The van der Waals surface area contributed by atoms with Crippen molar-refractivity contribution in [2.75, 3.05) is 24.5 Å². The van der Waals surface area contributed by atoms with Gasteiger partial charge in [0.2, 0.25) is 5.91 Å². The molecule has 2 atom stereocenters. The number of carbonyl (C=O) groups excluding carboxylic acids is 1. The number of carbonyl (C=O) groups is 1. The van der Waals surface area contributed by atoms with E-state index in [-0.39, 0.29) is 5.91 Å². The molecule has 3 nitrogen and oxygen atoms in total. The third kappa shape index (κ3) is 3.85. The fourth-order valence-electron chi connectivity index (χ4n) is 5.47. The summed E-state index contributed by atoms with van der Waals surface area (Å²) in [6.45, 7) is 4.83. The molecule has 3 aromatic carbocycles. The third-order valence-corrected chi connectivity index (χ3v) is 6.81. The molecule has 3 aromatic rings. The lowest BCUT2D eigenvalue weighted by Gasteiger charge is -2.43. The Labute approximate surface area is 185 Å². The fourth-order valence-corrected chi connectivity index (χ4v) is 5.47. The van der Waals surface area contributed by atoms with Crippen LogP contribution in [0.4, 0.5) is 5.69 Å². The average Bonchev–Trinajstić information content (AvgIpc) is 2.81. The maximum atomic E-state index is 12.4. The molecule has 0 bridgehead atoms. The Morgan fingerprint density at radius 1 is 0.871 bits per heavy atom. The van der Waals surface area contributed by atoms with E-state index < -0.39 is 0 Å². The van der Waals surface area contributed by atoms with Gasteiger partial charge in [-0.05, 0) is 47.6 Å². The Kier molecular flexibility index (Phi) is 5.50. The van der Waals surface area contributed by atoms with E-state index in [1.165, 1.54) is 27.9 Å². The number of rotatable bonds is 5. The smallest absolute Gasteiger partial charge is 0.224 e. The van der Waals surface area contributed by atoms with Gasteiger partial charge in [0.05, 0.1) is 6.42 Å². The van der Waals surface area contributed by atoms with Crippen molar-refractivity contribution in [3.63, 3.8) is 0 Å². The van der Waals surface area contributed by atoms with Gasteiger partial charge in [0.15, 0.2) is 0 Å². The van der Waals surface area contributed by atoms with Crippen LogP contribution in [0.2, 0.25) is 0 Å². The summed E-state index contributed by atoms with van der Waals surface area (Å²) in [5.74, 6) is 0.871. The predicted octanol–water partition coefficient (Wildman–Crippen LogP) is 5.24. The van der Waals surface area contributed by atoms with Crippen LogP contribution in [0.5, 0.6) is 0 Å². The summed E-state index contributed by atoms with van der Waals surface area (Å²) in [6, 6.07) is 26.4. The highest BCUT2D eigenvalue weighted by molar-refractivity contribution is 5.79. The summed E-state index contributed by atoms with van der Waals surface area (Å²) in [4.78, 5) is 15.0. The first-order chi connectivity index (χ1) is 15.2. The summed E-state index contributed by atoms with van der Waals surface area (Å²) >= 11 is 0. The molecule has 3 heteroatoms. The molecule has 2 unspecified atom stereocenters. The van der Waals surface area contributed by atoms with Gasteiger partial charge in [-0.2, -0.15) is 0 Å². The van der Waals surface area contributed by atoms with E-state index in [0.717, 1.165) is 31.5 Å². The zero-order valence-corrected chi connectivity index (χ0v) is 18.2. The second kappa shape index (κ2) is 8.58. The molecule has 0 aromatic heterocycles. The molecule has 2 aliphatic heterocycles. The summed E-state index contributed by atoms with van der Waals surface area (Å²) in [5, 5.41) is 2.97. The van der Waals surface area contributed by atoms with Gasteiger partial charge in [-0.3, -0.25) is 4.79 Å². The lowest BCUT2D eigenvalue weighted by molar-refractivity contribution is -0.120. The van der Waals surface area contributed by atoms with Gasteiger partial charge >= 0.3 is 0 Å². The van der Waals surface area contributed by atoms with E-state index in [1.54, 1.807) is 0 Å². The molecule has 5 rings (SSSR count). The van der Waals surface area contributed by atoms with Gasteiger partial charge in [-0.25, -0.2) is 0 Å². The summed E-state index contributed by atoms with van der Waals surface area (Å²) in [6.07, 6.45) is 2.69. The molecule has 0 spiro atoms. The zero-order valence-electron chi connectivity index (χ0n) is 18.2. The Morgan fingerprint density at radius 2 is 1.39 bits per heavy atom. The molecule has 31 heavy (non-hydrogen) atoms. The van der Waals surface area contributed by atoms with Crippen molar-refractivity contribution in [2.24, 2.45) is 0 Å². The van der Waals surface area contributed by atoms with Gasteiger partial charge in [0, 0.05) is 37.2 Å². The van der Waals surface area contributed by atoms with Crippen LogP contribution in [0, 0.1) is 0 Å². The van der Waals surface area contributed by atoms with Crippen molar-refractivity contribution in [2.45, 2.75) is 38.0 Å². The second-order valence-electron chi connectivity index (χ2n) is 8.74. The van der Waals surface area contributed by atoms with E-state index in [2.05, 4.69) is 83.0 Å². The van der Waals surface area contributed by atoms with Crippen molar-refractivity contribution >= 4 is 11.6 Å². The van der Waals surface area contributed by atoms with E-state index in [4.69, 9.17) is 0 Å². The van der Waals surface area contributed by atoms with E-state index in [1.807, 2.05) is 6.92 Å². The number of hydrogen-bond donors (Lipinski definition) is 1. The number of nitrogens with one attached hydrogen (secondary N) is 1. The van der Waals surface area contributed by atoms with Crippen LogP contribution in [-0.2, 0) is 11.2 Å². The molecule has 0 radical (unpaired) electrons. The molecule has 2 heterocycles. The SMILES string of the molecule is CCNC(=O)Cc1cc2c3c(c1)C(c1ccccc1)CCN3CCC2c1ccccc1. The molecular weight excluding hydrogens is 380 g/mol. The zero-order chi connectivity index (χ0) is 21.2. The monoisotopic (exact) mass is 410 g/mol. The van der Waals surface area contributed by atoms with Gasteiger partial charge in [-0.15, -0.1) is 0 Å². The molecular formula is C28H30N2O. The fraction of sp³-hybridized carbons (Fsp3) is 0.321. The quantitative estimate of drug-likeness (QED) is 0.624. The standard InChI is InChI=1S/C28H30N2O/c1-2-29-27(31)19-20-17-25-23(21-9-5-3-6-10-21)13-15-30-16-14-24(26(18-20)28(25)30)22-11-7-4-8-12-22/h3-12,17-18,23-24H,2,13-16,19H2,1H3,(H,29,31). The third-order valence-electron chi connectivity index (χ3n) is 6.81. The number of nitrogens with zero attached hydrogens (tertiary/aromatic N) is 1. The van der Waals surface area contributed by atoms with Gasteiger partial charge in [0.25, 0.3) is 0 Å². The number of benzene rings is 3. The molecule has 0 aliphatic carbocycles. The summed E-state index contributed by atoms with van der Waals surface area (Å²) in [5.41, 5.74) is 8.10. The minimum absolute atomic E-state index is 0.102. The maximum Gasteiger partial charge on any atom is 0.224 e. The lowest BCUT2D eigenvalue weighted by Crippen LogP contribution is -2.38. The number of likely N-dealkylation sites (N-methyl/N-ethyl adjacent to an activating group) is 1. The van der Waals surface area contributed by atoms with Crippen molar-refractivity contribution < 1.29 is 4.79 Å². The minimum Gasteiger partial charge on any atom is -0.371 e. The Balaban J connectivity index is 1.65. The van der Waals surface area contributed by atoms with Crippen LogP contribution in [0.25, 0.3) is 0 Å². The molecule has 0 fully saturated rings. The number of anilines is 1. The van der Waals surface area contributed by atoms with Crippen molar-refractivity contribution in [1.29, 1.82) is 0 Å². The molecule has 2 aliphatic rings.